The van der Waals surface area contributed by atoms with Gasteiger partial charge in [0, 0.05) is 12.1 Å². The van der Waals surface area contributed by atoms with Crippen molar-refractivity contribution in [2.24, 2.45) is 5.73 Å². The van der Waals surface area contributed by atoms with E-state index in [0.717, 1.165) is 19.3 Å². The summed E-state index contributed by atoms with van der Waals surface area (Å²) >= 11 is 5.03. The number of amides is 1. The van der Waals surface area contributed by atoms with Gasteiger partial charge in [-0.05, 0) is 37.5 Å². The molecular formula is C14H17FN2O2S. The summed E-state index contributed by atoms with van der Waals surface area (Å²) in [5.74, 6) is -0.630. The largest absolute Gasteiger partial charge is 0.494 e. The van der Waals surface area contributed by atoms with Gasteiger partial charge in [-0.15, -0.1) is 0 Å². The number of rotatable bonds is 3. The summed E-state index contributed by atoms with van der Waals surface area (Å²) in [7, 11) is 1.37. The van der Waals surface area contributed by atoms with Gasteiger partial charge in [0.25, 0.3) is 5.91 Å². The van der Waals surface area contributed by atoms with Crippen molar-refractivity contribution in [3.8, 4) is 5.75 Å². The Morgan fingerprint density at radius 2 is 2.25 bits per heavy atom. The van der Waals surface area contributed by atoms with Gasteiger partial charge in [0.05, 0.1) is 18.1 Å². The highest BCUT2D eigenvalue weighted by Gasteiger charge is 2.29. The molecule has 1 aromatic carbocycles. The van der Waals surface area contributed by atoms with Gasteiger partial charge in [0.1, 0.15) is 0 Å². The lowest BCUT2D eigenvalue weighted by molar-refractivity contribution is 0.0681. The van der Waals surface area contributed by atoms with Crippen molar-refractivity contribution in [3.05, 3.63) is 29.6 Å². The number of nitrogens with zero attached hydrogens (tertiary/aromatic N) is 1. The summed E-state index contributed by atoms with van der Waals surface area (Å²) in [6, 6.07) is 3.86. The smallest absolute Gasteiger partial charge is 0.254 e. The molecule has 1 heterocycles. The van der Waals surface area contributed by atoms with Crippen LogP contribution >= 0.6 is 12.2 Å². The molecule has 1 aliphatic heterocycles. The van der Waals surface area contributed by atoms with E-state index < -0.39 is 5.82 Å². The van der Waals surface area contributed by atoms with Crippen molar-refractivity contribution in [1.29, 1.82) is 0 Å². The summed E-state index contributed by atoms with van der Waals surface area (Å²) in [5, 5.41) is 0. The maximum atomic E-state index is 13.4. The molecule has 0 bridgehead atoms. The van der Waals surface area contributed by atoms with Crippen LogP contribution in [0.2, 0.25) is 0 Å². The molecule has 1 fully saturated rings. The second-order valence-electron chi connectivity index (χ2n) is 4.76. The van der Waals surface area contributed by atoms with E-state index in [1.165, 1.54) is 25.3 Å². The first-order valence-corrected chi connectivity index (χ1v) is 6.89. The number of nitrogens with two attached hydrogens (primary N) is 1. The predicted molar refractivity (Wildman–Crippen MR) is 78.4 cm³/mol. The zero-order valence-corrected chi connectivity index (χ0v) is 12.1. The maximum Gasteiger partial charge on any atom is 0.254 e. The molecule has 1 aliphatic rings. The van der Waals surface area contributed by atoms with Gasteiger partial charge < -0.3 is 15.4 Å². The van der Waals surface area contributed by atoms with Crippen LogP contribution < -0.4 is 10.5 Å². The molecule has 1 saturated heterocycles. The van der Waals surface area contributed by atoms with Crippen LogP contribution in [-0.2, 0) is 0 Å². The number of likely N-dealkylation sites (tertiary alicyclic amines) is 1. The molecule has 0 radical (unpaired) electrons. The predicted octanol–water partition coefficient (Wildman–Crippen LogP) is 2.12. The fourth-order valence-corrected chi connectivity index (χ4v) is 2.67. The van der Waals surface area contributed by atoms with Crippen LogP contribution in [0.1, 0.15) is 29.6 Å². The minimum Gasteiger partial charge on any atom is -0.494 e. The van der Waals surface area contributed by atoms with E-state index in [9.17, 15) is 9.18 Å². The van der Waals surface area contributed by atoms with E-state index in [1.807, 2.05) is 0 Å². The number of hydrogen-bond donors (Lipinski definition) is 1. The molecule has 0 spiro atoms. The second kappa shape index (κ2) is 6.17. The van der Waals surface area contributed by atoms with Crippen LogP contribution in [0.4, 0.5) is 4.39 Å². The van der Waals surface area contributed by atoms with E-state index in [0.29, 0.717) is 17.1 Å². The molecule has 0 aliphatic carbocycles. The van der Waals surface area contributed by atoms with Gasteiger partial charge in [-0.2, -0.15) is 0 Å². The summed E-state index contributed by atoms with van der Waals surface area (Å²) in [6.45, 7) is 0.612. The molecule has 2 N–H and O–H groups in total. The molecular weight excluding hydrogens is 279 g/mol. The van der Waals surface area contributed by atoms with Crippen molar-refractivity contribution < 1.29 is 13.9 Å². The van der Waals surface area contributed by atoms with Crippen molar-refractivity contribution in [3.63, 3.8) is 0 Å². The number of hydrogen-bond acceptors (Lipinski definition) is 3. The Bertz CT molecular complexity index is 536. The van der Waals surface area contributed by atoms with E-state index in [4.69, 9.17) is 22.7 Å². The van der Waals surface area contributed by atoms with Crippen LogP contribution in [0.5, 0.6) is 5.75 Å². The first-order valence-electron chi connectivity index (χ1n) is 6.48. The van der Waals surface area contributed by atoms with Gasteiger partial charge in [-0.1, -0.05) is 12.2 Å². The third kappa shape index (κ3) is 2.90. The van der Waals surface area contributed by atoms with Gasteiger partial charge in [0.2, 0.25) is 0 Å². The zero-order valence-electron chi connectivity index (χ0n) is 11.3. The van der Waals surface area contributed by atoms with Crippen LogP contribution in [0.25, 0.3) is 0 Å². The fourth-order valence-electron chi connectivity index (χ4n) is 2.43. The molecule has 4 nitrogen and oxygen atoms in total. The lowest BCUT2D eigenvalue weighted by Crippen LogP contribution is -2.49. The van der Waals surface area contributed by atoms with Gasteiger partial charge in [0.15, 0.2) is 11.6 Å². The number of thiocarbonyl (C=S) groups is 1. The number of carbonyl (C=O) groups is 1. The first kappa shape index (κ1) is 14.7. The normalized spacial score (nSPS) is 18.7. The number of methoxy groups -OCH3 is 1. The monoisotopic (exact) mass is 296 g/mol. The third-order valence-electron chi connectivity index (χ3n) is 3.49. The summed E-state index contributed by atoms with van der Waals surface area (Å²) in [5.41, 5.74) is 6.09. The average Bonchev–Trinajstić information content (AvgIpc) is 2.47. The number of halogens is 1. The summed E-state index contributed by atoms with van der Waals surface area (Å²) < 4.78 is 18.3. The summed E-state index contributed by atoms with van der Waals surface area (Å²) in [6.07, 6.45) is 2.70. The Kier molecular flexibility index (Phi) is 4.54. The number of ether oxygens (including phenoxy) is 1. The highest BCUT2D eigenvalue weighted by molar-refractivity contribution is 7.80. The molecule has 2 rings (SSSR count). The average molecular weight is 296 g/mol. The first-order chi connectivity index (χ1) is 9.54. The third-order valence-corrected chi connectivity index (χ3v) is 3.76. The molecule has 1 unspecified atom stereocenters. The fraction of sp³-hybridized carbons (Fsp3) is 0.429. The van der Waals surface area contributed by atoms with Crippen LogP contribution in [0.3, 0.4) is 0 Å². The van der Waals surface area contributed by atoms with Crippen LogP contribution in [-0.4, -0.2) is 35.5 Å². The van der Waals surface area contributed by atoms with Gasteiger partial charge in [-0.3, -0.25) is 4.79 Å². The standard InChI is InChI=1S/C14H17FN2O2S/c1-19-12-8-9(5-6-10(12)15)14(18)17-7-3-2-4-11(17)13(16)20/h5-6,8,11H,2-4,7H2,1H3,(H2,16,20). The molecule has 108 valence electrons. The lowest BCUT2D eigenvalue weighted by Gasteiger charge is -2.35. The van der Waals surface area contributed by atoms with E-state index >= 15 is 0 Å². The minimum atomic E-state index is -0.492. The molecule has 1 amide bonds. The van der Waals surface area contributed by atoms with Crippen molar-refractivity contribution >= 4 is 23.1 Å². The zero-order chi connectivity index (χ0) is 14.7. The Morgan fingerprint density at radius 3 is 2.90 bits per heavy atom. The topological polar surface area (TPSA) is 55.6 Å². The Hall–Kier alpha value is -1.69. The molecule has 6 heteroatoms. The van der Waals surface area contributed by atoms with Crippen molar-refractivity contribution in [1.82, 2.24) is 4.90 Å². The molecule has 1 atom stereocenters. The van der Waals surface area contributed by atoms with Crippen molar-refractivity contribution in [2.75, 3.05) is 13.7 Å². The van der Waals surface area contributed by atoms with E-state index in [-0.39, 0.29) is 17.7 Å². The van der Waals surface area contributed by atoms with E-state index in [1.54, 1.807) is 4.90 Å². The highest BCUT2D eigenvalue weighted by atomic mass is 32.1. The number of benzene rings is 1. The maximum absolute atomic E-state index is 13.4. The SMILES string of the molecule is COc1cc(C(=O)N2CCCCC2C(N)=S)ccc1F. The quantitative estimate of drug-likeness (QED) is 0.868. The summed E-state index contributed by atoms with van der Waals surface area (Å²) in [4.78, 5) is 14.5. The number of carbonyl (C=O) groups excluding carboxylic acids is 1. The van der Waals surface area contributed by atoms with Crippen LogP contribution in [0.15, 0.2) is 18.2 Å². The second-order valence-corrected chi connectivity index (χ2v) is 5.23. The molecule has 0 aromatic heterocycles. The van der Waals surface area contributed by atoms with E-state index in [2.05, 4.69) is 0 Å². The molecule has 1 aromatic rings. The Morgan fingerprint density at radius 1 is 1.50 bits per heavy atom. The molecule has 0 saturated carbocycles. The molecule has 20 heavy (non-hydrogen) atoms. The van der Waals surface area contributed by atoms with Gasteiger partial charge in [-0.25, -0.2) is 4.39 Å². The Labute approximate surface area is 122 Å². The minimum absolute atomic E-state index is 0.0553. The lowest BCUT2D eigenvalue weighted by atomic mass is 10.0. The Balaban J connectivity index is 2.27. The van der Waals surface area contributed by atoms with Crippen LogP contribution in [0, 0.1) is 5.82 Å². The van der Waals surface area contributed by atoms with Gasteiger partial charge >= 0.3 is 0 Å². The highest BCUT2D eigenvalue weighted by Crippen LogP contribution is 2.23. The number of piperidine rings is 1. The van der Waals surface area contributed by atoms with Crippen molar-refractivity contribution in [2.45, 2.75) is 25.3 Å².